The van der Waals surface area contributed by atoms with E-state index in [9.17, 15) is 0 Å². The molecule has 0 amide bonds. The van der Waals surface area contributed by atoms with Gasteiger partial charge in [-0.1, -0.05) is 0 Å². The van der Waals surface area contributed by atoms with Gasteiger partial charge in [-0.05, 0) is 0 Å². The van der Waals surface area contributed by atoms with Crippen LogP contribution in [0, 0.1) is 11.3 Å². The molecule has 2 nitrogen and oxygen atoms in total. The van der Waals surface area contributed by atoms with E-state index >= 15 is 0 Å². The van der Waals surface area contributed by atoms with E-state index < -0.39 is 0 Å². The van der Waals surface area contributed by atoms with Gasteiger partial charge in [-0.25, -0.2) is 0 Å². The van der Waals surface area contributed by atoms with E-state index in [2.05, 4.69) is 0 Å². The zero-order valence-corrected chi connectivity index (χ0v) is 5.47. The number of aliphatic hydroxyl groups is 1. The average molecular weight is 91.0 g/mol. The van der Waals surface area contributed by atoms with Gasteiger partial charge in [0.25, 0.3) is 0 Å². The molecule has 0 aromatic heterocycles. The number of nitriles is 1. The van der Waals surface area contributed by atoms with Crippen LogP contribution in [0.2, 0.25) is 0 Å². The zero-order chi connectivity index (χ0) is 4.99. The summed E-state index contributed by atoms with van der Waals surface area (Å²) in [5.74, 6) is 0. The first kappa shape index (κ1) is 6.03. The molecule has 0 aliphatic carbocycles. The molecule has 0 aliphatic heterocycles. The second-order valence-electron chi connectivity index (χ2n) is 0.915. The van der Waals surface area contributed by atoms with Crippen molar-refractivity contribution in [1.29, 1.82) is 5.26 Å². The molecule has 0 unspecified atom stereocenters. The average Bonchev–Trinajstić information content (AvgIpc) is 1.35. The molecule has 0 spiro atoms. The van der Waals surface area contributed by atoms with Crippen LogP contribution in [-0.4, -0.2) is 33.0 Å². The van der Waals surface area contributed by atoms with E-state index in [1.165, 1.54) is 0 Å². The molecule has 1 N–H and O–H groups in total. The van der Waals surface area contributed by atoms with Crippen LogP contribution in [0.4, 0.5) is 0 Å². The topological polar surface area (TPSA) is 44.0 Å². The van der Waals surface area contributed by atoms with Crippen molar-refractivity contribution in [3.63, 3.8) is 0 Å². The van der Waals surface area contributed by atoms with Crippen molar-refractivity contribution in [1.82, 2.24) is 0 Å². The summed E-state index contributed by atoms with van der Waals surface area (Å²) in [6, 6.07) is 1.69. The van der Waals surface area contributed by atoms with E-state index in [1.54, 1.807) is 6.07 Å². The molecular formula is C3H2NNaO. The molecule has 0 aliphatic rings. The molecule has 0 saturated carbocycles. The number of allylic oxidation sites excluding steroid dienone is 1. The van der Waals surface area contributed by atoms with Crippen LogP contribution in [0.25, 0.3) is 0 Å². The van der Waals surface area contributed by atoms with Gasteiger partial charge in [-0.3, -0.25) is 0 Å². The molecular weight excluding hydrogens is 89.0 g/mol. The van der Waals surface area contributed by atoms with E-state index in [0.717, 1.165) is 6.08 Å². The molecule has 0 fully saturated rings. The summed E-state index contributed by atoms with van der Waals surface area (Å²) in [6.45, 7) is 0. The van der Waals surface area contributed by atoms with Gasteiger partial charge < -0.3 is 0 Å². The Labute approximate surface area is 53.5 Å². The third-order valence-corrected chi connectivity index (χ3v) is 0.562. The van der Waals surface area contributed by atoms with Crippen molar-refractivity contribution < 1.29 is 5.11 Å². The van der Waals surface area contributed by atoms with E-state index in [-0.39, 0.29) is 3.01 Å². The molecule has 6 heavy (non-hydrogen) atoms. The number of nitrogens with zero attached hydrogens (tertiary/aromatic N) is 1. The molecule has 0 rings (SSSR count). The maximum absolute atomic E-state index is 8.25. The van der Waals surface area contributed by atoms with Gasteiger partial charge in [0.1, 0.15) is 0 Å². The predicted octanol–water partition coefficient (Wildman–Crippen LogP) is 0.0779. The van der Waals surface area contributed by atoms with E-state index in [0.29, 0.717) is 27.9 Å². The van der Waals surface area contributed by atoms with Crippen LogP contribution in [0.5, 0.6) is 0 Å². The van der Waals surface area contributed by atoms with Crippen molar-refractivity contribution in [2.24, 2.45) is 0 Å². The summed E-state index contributed by atoms with van der Waals surface area (Å²) in [7, 11) is 0. The number of hydrogen-bond acceptors (Lipinski definition) is 2. The summed E-state index contributed by atoms with van der Waals surface area (Å²) in [4.78, 5) is 0. The molecule has 0 atom stereocenters. The monoisotopic (exact) mass is 91.0 g/mol. The second-order valence-corrected chi connectivity index (χ2v) is 1.94. The third kappa shape index (κ3) is 4.03. The fraction of sp³-hybridized carbons (Fsp3) is 0. The molecule has 0 bridgehead atoms. The minimum atomic E-state index is 0.192. The van der Waals surface area contributed by atoms with Crippen LogP contribution < -0.4 is 0 Å². The van der Waals surface area contributed by atoms with Crippen LogP contribution in [-0.2, 0) is 0 Å². The van der Waals surface area contributed by atoms with Crippen LogP contribution >= 0.6 is 0 Å². The molecule has 0 aromatic rings. The van der Waals surface area contributed by atoms with Crippen molar-refractivity contribution >= 4 is 27.9 Å². The summed E-state index contributed by atoms with van der Waals surface area (Å²) < 4.78 is 0.192. The van der Waals surface area contributed by atoms with Crippen molar-refractivity contribution in [3.8, 4) is 6.07 Å². The first-order valence-corrected chi connectivity index (χ1v) is 2.52. The SMILES string of the molecule is N#CC=[C](O)[Na]. The normalized spacial score (nSPS) is 10.5. The van der Waals surface area contributed by atoms with Crippen LogP contribution in [0.1, 0.15) is 0 Å². The van der Waals surface area contributed by atoms with E-state index in [1.807, 2.05) is 0 Å². The molecule has 0 aromatic carbocycles. The quantitative estimate of drug-likeness (QED) is 0.260. The minimum absolute atomic E-state index is 0.192. The summed E-state index contributed by atoms with van der Waals surface area (Å²) in [5, 5.41) is 16.0. The second kappa shape index (κ2) is 3.23. The standard InChI is InChI=1S/C3H2NO.Na/c4-2-1-3-5;/h1,5H;. The van der Waals surface area contributed by atoms with Gasteiger partial charge >= 0.3 is 53.5 Å². The van der Waals surface area contributed by atoms with E-state index in [4.69, 9.17) is 10.4 Å². The van der Waals surface area contributed by atoms with Crippen molar-refractivity contribution in [3.05, 3.63) is 9.08 Å². The molecule has 0 saturated heterocycles. The Balaban J connectivity index is 3.51. The third-order valence-electron chi connectivity index (χ3n) is 0.273. The Morgan fingerprint density at radius 3 is 2.50 bits per heavy atom. The fourth-order valence-electron chi connectivity index (χ4n) is 0.0934. The van der Waals surface area contributed by atoms with Crippen LogP contribution in [0.3, 0.4) is 0 Å². The van der Waals surface area contributed by atoms with Gasteiger partial charge in [0, 0.05) is 0 Å². The summed E-state index contributed by atoms with van der Waals surface area (Å²) >= 11 is 0.573. The Morgan fingerprint density at radius 2 is 2.50 bits per heavy atom. The van der Waals surface area contributed by atoms with Gasteiger partial charge in [-0.15, -0.1) is 0 Å². The Hall–Kier alpha value is 0.0300. The zero-order valence-electron chi connectivity index (χ0n) is 3.47. The number of aliphatic hydroxyl groups excluding tert-OH is 1. The van der Waals surface area contributed by atoms with Gasteiger partial charge in [-0.2, -0.15) is 0 Å². The first-order valence-electron chi connectivity index (χ1n) is 1.52. The van der Waals surface area contributed by atoms with Gasteiger partial charge in [0.2, 0.25) is 0 Å². The molecule has 3 heteroatoms. The fourth-order valence-corrected chi connectivity index (χ4v) is 0.223. The van der Waals surface area contributed by atoms with Crippen molar-refractivity contribution in [2.45, 2.75) is 0 Å². The maximum atomic E-state index is 8.25. The molecule has 26 valence electrons. The van der Waals surface area contributed by atoms with Gasteiger partial charge in [0.15, 0.2) is 0 Å². The Kier molecular flexibility index (Phi) is 3.24. The summed E-state index contributed by atoms with van der Waals surface area (Å²) in [5.41, 5.74) is 0. The summed E-state index contributed by atoms with van der Waals surface area (Å²) in [6.07, 6.45) is 1.13. The predicted molar refractivity (Wildman–Crippen MR) is 22.1 cm³/mol. The number of rotatable bonds is 0. The van der Waals surface area contributed by atoms with Crippen LogP contribution in [0.15, 0.2) is 9.08 Å². The number of hydrogen-bond donors (Lipinski definition) is 1. The van der Waals surface area contributed by atoms with Crippen molar-refractivity contribution in [2.75, 3.05) is 0 Å². The molecule has 0 radical (unpaired) electrons. The first-order chi connectivity index (χ1) is 2.77. The Bertz CT molecular complexity index is 97.9. The van der Waals surface area contributed by atoms with Gasteiger partial charge in [0.05, 0.1) is 0 Å². The Morgan fingerprint density at radius 1 is 2.00 bits per heavy atom. The molecule has 0 heterocycles.